The van der Waals surface area contributed by atoms with Crippen molar-refractivity contribution < 1.29 is 19.1 Å². The molecule has 0 aromatic rings. The van der Waals surface area contributed by atoms with E-state index in [9.17, 15) is 9.59 Å². The van der Waals surface area contributed by atoms with Gasteiger partial charge in [0.15, 0.2) is 0 Å². The Kier molecular flexibility index (Phi) is 8.16. The van der Waals surface area contributed by atoms with Gasteiger partial charge >= 0.3 is 12.1 Å². The topological polar surface area (TPSA) is 78.6 Å². The minimum absolute atomic E-state index is 0.312. The summed E-state index contributed by atoms with van der Waals surface area (Å²) in [7, 11) is 0. The summed E-state index contributed by atoms with van der Waals surface area (Å²) in [5.41, 5.74) is 4.72. The monoisotopic (exact) mass is 231 g/mol. The maximum Gasteiger partial charge on any atom is 0.405 e. The first kappa shape index (κ1) is 16.9. The number of rotatable bonds is 2. The standard InChI is InChI=1S/C6H10O2.C5H11NO2/c1-4-8-6(7)5(2)3;1-5(2,3)8-4(6)7/h2,4H2,1,3H3;1-3H3,(H2,6,7). The normalized spacial score (nSPS) is 9.56. The highest BCUT2D eigenvalue weighted by Gasteiger charge is 2.12. The Morgan fingerprint density at radius 3 is 1.81 bits per heavy atom. The van der Waals surface area contributed by atoms with Gasteiger partial charge in [-0.05, 0) is 34.6 Å². The van der Waals surface area contributed by atoms with Crippen LogP contribution in [0.3, 0.4) is 0 Å². The zero-order chi connectivity index (χ0) is 13.4. The molecule has 0 fully saturated rings. The summed E-state index contributed by atoms with van der Waals surface area (Å²) in [6.45, 7) is 12.5. The van der Waals surface area contributed by atoms with Gasteiger partial charge in [0.25, 0.3) is 0 Å². The molecule has 16 heavy (non-hydrogen) atoms. The third kappa shape index (κ3) is 15.0. The van der Waals surface area contributed by atoms with Crippen molar-refractivity contribution in [3.05, 3.63) is 12.2 Å². The molecule has 2 N–H and O–H groups in total. The maximum atomic E-state index is 10.4. The highest BCUT2D eigenvalue weighted by molar-refractivity contribution is 5.86. The van der Waals surface area contributed by atoms with Crippen LogP contribution in [0.5, 0.6) is 0 Å². The Morgan fingerprint density at radius 2 is 1.75 bits per heavy atom. The Bertz CT molecular complexity index is 253. The van der Waals surface area contributed by atoms with Gasteiger partial charge in [-0.2, -0.15) is 0 Å². The van der Waals surface area contributed by atoms with E-state index < -0.39 is 11.7 Å². The second-order valence-electron chi connectivity index (χ2n) is 4.03. The Labute approximate surface area is 96.6 Å². The number of carbonyl (C=O) groups is 2. The molecule has 0 saturated heterocycles. The van der Waals surface area contributed by atoms with Gasteiger partial charge in [0.2, 0.25) is 0 Å². The molecular formula is C11H21NO4. The lowest BCUT2D eigenvalue weighted by Crippen LogP contribution is -2.27. The molecule has 1 amide bonds. The zero-order valence-electron chi connectivity index (χ0n) is 10.6. The van der Waals surface area contributed by atoms with E-state index in [2.05, 4.69) is 16.1 Å². The molecule has 0 atom stereocenters. The van der Waals surface area contributed by atoms with Crippen molar-refractivity contribution in [3.63, 3.8) is 0 Å². The maximum absolute atomic E-state index is 10.4. The molecule has 0 aliphatic heterocycles. The SMILES string of the molecule is C=C(C)C(=O)OCC.CC(C)(C)OC(N)=O. The van der Waals surface area contributed by atoms with Crippen LogP contribution >= 0.6 is 0 Å². The van der Waals surface area contributed by atoms with Gasteiger partial charge < -0.3 is 15.2 Å². The van der Waals surface area contributed by atoms with Crippen molar-refractivity contribution in [1.82, 2.24) is 0 Å². The zero-order valence-corrected chi connectivity index (χ0v) is 10.6. The van der Waals surface area contributed by atoms with Crippen LogP contribution in [0.2, 0.25) is 0 Å². The summed E-state index contributed by atoms with van der Waals surface area (Å²) in [5.74, 6) is -0.312. The van der Waals surface area contributed by atoms with Crippen LogP contribution in [0.15, 0.2) is 12.2 Å². The van der Waals surface area contributed by atoms with Crippen molar-refractivity contribution in [2.75, 3.05) is 6.61 Å². The Balaban J connectivity index is 0. The number of ether oxygens (including phenoxy) is 2. The molecule has 5 nitrogen and oxygen atoms in total. The molecule has 0 radical (unpaired) electrons. The fourth-order valence-electron chi connectivity index (χ4n) is 0.556. The number of hydrogen-bond donors (Lipinski definition) is 1. The number of carbonyl (C=O) groups excluding carboxylic acids is 2. The first-order chi connectivity index (χ1) is 7.10. The lowest BCUT2D eigenvalue weighted by atomic mass is 10.2. The third-order valence-corrected chi connectivity index (χ3v) is 1.03. The molecule has 0 aromatic carbocycles. The summed E-state index contributed by atoms with van der Waals surface area (Å²) in [6, 6.07) is 0. The molecule has 0 aliphatic carbocycles. The Morgan fingerprint density at radius 1 is 1.31 bits per heavy atom. The molecular weight excluding hydrogens is 210 g/mol. The van der Waals surface area contributed by atoms with Crippen molar-refractivity contribution >= 4 is 12.1 Å². The van der Waals surface area contributed by atoms with Crippen LogP contribution in [-0.4, -0.2) is 24.3 Å². The average molecular weight is 231 g/mol. The molecule has 0 saturated carbocycles. The van der Waals surface area contributed by atoms with Crippen LogP contribution in [-0.2, 0) is 14.3 Å². The summed E-state index contributed by atoms with van der Waals surface area (Å²) < 4.78 is 9.14. The summed E-state index contributed by atoms with van der Waals surface area (Å²) in [6.07, 6.45) is -0.725. The van der Waals surface area contributed by atoms with E-state index >= 15 is 0 Å². The van der Waals surface area contributed by atoms with E-state index in [1.807, 2.05) is 0 Å². The van der Waals surface area contributed by atoms with E-state index in [0.717, 1.165) is 0 Å². The van der Waals surface area contributed by atoms with E-state index in [0.29, 0.717) is 12.2 Å². The third-order valence-electron chi connectivity index (χ3n) is 1.03. The predicted molar refractivity (Wildman–Crippen MR) is 61.9 cm³/mol. The molecule has 0 unspecified atom stereocenters. The quantitative estimate of drug-likeness (QED) is 0.582. The number of esters is 1. The van der Waals surface area contributed by atoms with Crippen LogP contribution in [0, 0.1) is 0 Å². The highest BCUT2D eigenvalue weighted by Crippen LogP contribution is 2.04. The van der Waals surface area contributed by atoms with Gasteiger partial charge in [-0.25, -0.2) is 9.59 Å². The van der Waals surface area contributed by atoms with Crippen LogP contribution in [0.4, 0.5) is 4.79 Å². The van der Waals surface area contributed by atoms with Gasteiger partial charge in [-0.3, -0.25) is 0 Å². The van der Waals surface area contributed by atoms with Crippen LogP contribution in [0.1, 0.15) is 34.6 Å². The summed E-state index contributed by atoms with van der Waals surface area (Å²) in [4.78, 5) is 20.4. The number of amides is 1. The molecule has 0 bridgehead atoms. The number of nitrogens with two attached hydrogens (primary N) is 1. The largest absolute Gasteiger partial charge is 0.463 e. The average Bonchev–Trinajstić information content (AvgIpc) is 2.00. The lowest BCUT2D eigenvalue weighted by Gasteiger charge is -2.16. The minimum atomic E-state index is -0.725. The first-order valence-electron chi connectivity index (χ1n) is 4.91. The first-order valence-corrected chi connectivity index (χ1v) is 4.91. The number of hydrogen-bond acceptors (Lipinski definition) is 4. The fraction of sp³-hybridized carbons (Fsp3) is 0.636. The van der Waals surface area contributed by atoms with E-state index in [-0.39, 0.29) is 5.97 Å². The fourth-order valence-corrected chi connectivity index (χ4v) is 0.556. The second-order valence-corrected chi connectivity index (χ2v) is 4.03. The van der Waals surface area contributed by atoms with Gasteiger partial charge in [0, 0.05) is 5.57 Å². The van der Waals surface area contributed by atoms with Crippen molar-refractivity contribution in [3.8, 4) is 0 Å². The molecule has 94 valence electrons. The van der Waals surface area contributed by atoms with Crippen molar-refractivity contribution in [2.45, 2.75) is 40.2 Å². The molecule has 0 aromatic heterocycles. The van der Waals surface area contributed by atoms with Gasteiger partial charge in [-0.15, -0.1) is 0 Å². The van der Waals surface area contributed by atoms with Gasteiger partial charge in [0.1, 0.15) is 5.60 Å². The summed E-state index contributed by atoms with van der Waals surface area (Å²) in [5, 5.41) is 0. The van der Waals surface area contributed by atoms with E-state index in [1.54, 1.807) is 34.6 Å². The van der Waals surface area contributed by atoms with Gasteiger partial charge in [0.05, 0.1) is 6.61 Å². The smallest absolute Gasteiger partial charge is 0.405 e. The van der Waals surface area contributed by atoms with Crippen LogP contribution in [0.25, 0.3) is 0 Å². The summed E-state index contributed by atoms with van der Waals surface area (Å²) >= 11 is 0. The lowest BCUT2D eigenvalue weighted by molar-refractivity contribution is -0.138. The van der Waals surface area contributed by atoms with E-state index in [1.165, 1.54) is 0 Å². The van der Waals surface area contributed by atoms with Gasteiger partial charge in [-0.1, -0.05) is 6.58 Å². The predicted octanol–water partition coefficient (Wildman–Crippen LogP) is 2.01. The molecule has 0 heterocycles. The number of primary amides is 1. The Hall–Kier alpha value is -1.52. The van der Waals surface area contributed by atoms with E-state index in [4.69, 9.17) is 5.73 Å². The minimum Gasteiger partial charge on any atom is -0.463 e. The molecule has 0 rings (SSSR count). The highest BCUT2D eigenvalue weighted by atomic mass is 16.6. The van der Waals surface area contributed by atoms with Crippen LogP contribution < -0.4 is 5.73 Å². The molecule has 0 aliphatic rings. The van der Waals surface area contributed by atoms with Crippen molar-refractivity contribution in [1.29, 1.82) is 0 Å². The molecule has 5 heteroatoms. The second kappa shape index (κ2) is 7.73. The molecule has 0 spiro atoms. The van der Waals surface area contributed by atoms with Crippen molar-refractivity contribution in [2.24, 2.45) is 5.73 Å².